The van der Waals surface area contributed by atoms with Crippen molar-refractivity contribution < 1.29 is 27.2 Å². The van der Waals surface area contributed by atoms with Gasteiger partial charge in [-0.3, -0.25) is 4.79 Å². The van der Waals surface area contributed by atoms with E-state index < -0.39 is 18.7 Å². The second-order valence-electron chi connectivity index (χ2n) is 6.87. The van der Waals surface area contributed by atoms with Crippen LogP contribution in [0.15, 0.2) is 41.1 Å². The maximum absolute atomic E-state index is 12.6. The van der Waals surface area contributed by atoms with Crippen LogP contribution in [0.1, 0.15) is 41.8 Å². The summed E-state index contributed by atoms with van der Waals surface area (Å²) in [6, 6.07) is 7.91. The number of carbonyl (C=O) groups excluding carboxylic acids is 1. The number of hydrogen-bond donors (Lipinski definition) is 1. The van der Waals surface area contributed by atoms with Crippen molar-refractivity contribution in [1.29, 1.82) is 0 Å². The summed E-state index contributed by atoms with van der Waals surface area (Å²) in [7, 11) is 0. The van der Waals surface area contributed by atoms with Crippen LogP contribution in [0.5, 0.6) is 5.75 Å². The van der Waals surface area contributed by atoms with Gasteiger partial charge in [-0.05, 0) is 18.1 Å². The minimum absolute atomic E-state index is 0.0304. The molecule has 0 saturated carbocycles. The predicted octanol–water partition coefficient (Wildman–Crippen LogP) is 4.78. The molecule has 2 heterocycles. The van der Waals surface area contributed by atoms with Crippen molar-refractivity contribution in [1.82, 2.24) is 20.4 Å². The van der Waals surface area contributed by atoms with E-state index in [0.717, 1.165) is 11.9 Å². The first-order chi connectivity index (χ1) is 14.6. The maximum atomic E-state index is 12.6. The predicted molar refractivity (Wildman–Crippen MR) is 106 cm³/mol. The first-order valence-electron chi connectivity index (χ1n) is 9.18. The Bertz CT molecular complexity index is 1050. The lowest BCUT2D eigenvalue weighted by molar-refractivity contribution is -0.153. The summed E-state index contributed by atoms with van der Waals surface area (Å²) in [6.45, 7) is 2.43. The molecule has 1 aromatic carbocycles. The third-order valence-corrected chi connectivity index (χ3v) is 4.31. The maximum Gasteiger partial charge on any atom is 0.422 e. The van der Waals surface area contributed by atoms with Crippen LogP contribution in [0.3, 0.4) is 0 Å². The van der Waals surface area contributed by atoms with Gasteiger partial charge in [-0.15, -0.1) is 0 Å². The summed E-state index contributed by atoms with van der Waals surface area (Å²) in [5.74, 6) is -0.483. The van der Waals surface area contributed by atoms with E-state index in [1.165, 1.54) is 0 Å². The molecule has 0 saturated heterocycles. The molecule has 0 unspecified atom stereocenters. The number of hydrogen-bond acceptors (Lipinski definition) is 6. The average Bonchev–Trinajstić information content (AvgIpc) is 3.20. The minimum Gasteiger partial charge on any atom is -0.480 e. The monoisotopic (exact) mass is 454 g/mol. The topological polar surface area (TPSA) is 90.1 Å². The second kappa shape index (κ2) is 9.34. The molecule has 2 aromatic heterocycles. The Morgan fingerprint density at radius 2 is 1.97 bits per heavy atom. The van der Waals surface area contributed by atoms with E-state index in [2.05, 4.69) is 20.4 Å². The molecule has 0 spiro atoms. The van der Waals surface area contributed by atoms with Gasteiger partial charge in [0.05, 0.1) is 18.4 Å². The highest BCUT2D eigenvalue weighted by Gasteiger charge is 2.29. The van der Waals surface area contributed by atoms with Crippen molar-refractivity contribution in [2.75, 3.05) is 6.61 Å². The number of aromatic nitrogens is 3. The van der Waals surface area contributed by atoms with Crippen LogP contribution < -0.4 is 10.1 Å². The van der Waals surface area contributed by atoms with E-state index in [1.54, 1.807) is 30.3 Å². The highest BCUT2D eigenvalue weighted by atomic mass is 35.5. The lowest BCUT2D eigenvalue weighted by Crippen LogP contribution is -2.25. The van der Waals surface area contributed by atoms with E-state index in [4.69, 9.17) is 20.9 Å². The number of ether oxygens (including phenoxy) is 1. The molecule has 3 aromatic rings. The van der Waals surface area contributed by atoms with Gasteiger partial charge in [0, 0.05) is 16.7 Å². The largest absolute Gasteiger partial charge is 0.480 e. The fourth-order valence-corrected chi connectivity index (χ4v) is 2.62. The van der Waals surface area contributed by atoms with E-state index in [0.29, 0.717) is 16.3 Å². The number of halogens is 4. The van der Waals surface area contributed by atoms with Crippen molar-refractivity contribution in [3.8, 4) is 17.0 Å². The molecule has 0 atom stereocenters. The molecule has 164 valence electrons. The molecule has 0 aliphatic carbocycles. The van der Waals surface area contributed by atoms with Crippen LogP contribution in [0.2, 0.25) is 5.02 Å². The Labute approximate surface area is 180 Å². The van der Waals surface area contributed by atoms with E-state index >= 15 is 0 Å². The Morgan fingerprint density at radius 1 is 1.26 bits per heavy atom. The van der Waals surface area contributed by atoms with E-state index in [-0.39, 0.29) is 29.7 Å². The van der Waals surface area contributed by atoms with Gasteiger partial charge in [0.15, 0.2) is 18.1 Å². The Morgan fingerprint density at radius 3 is 2.58 bits per heavy atom. The molecular formula is C20H18ClF3N4O3. The number of alkyl halides is 3. The standard InChI is InChI=1S/C20H18ClF3N4O3/c1-11(2)15-7-14(31-28-15)8-26-19(29)18-25-9-16(30-10-20(22,23)24)17(27-18)12-3-5-13(21)6-4-12/h3-7,9,11H,8,10H2,1-2H3,(H,26,29). The highest BCUT2D eigenvalue weighted by molar-refractivity contribution is 6.30. The van der Waals surface area contributed by atoms with Crippen molar-refractivity contribution in [3.63, 3.8) is 0 Å². The molecule has 0 fully saturated rings. The molecule has 0 radical (unpaired) electrons. The zero-order chi connectivity index (χ0) is 22.6. The number of benzene rings is 1. The fourth-order valence-electron chi connectivity index (χ4n) is 2.49. The smallest absolute Gasteiger partial charge is 0.422 e. The molecule has 0 aliphatic heterocycles. The van der Waals surface area contributed by atoms with Gasteiger partial charge in [-0.25, -0.2) is 9.97 Å². The van der Waals surface area contributed by atoms with Crippen LogP contribution in [0.4, 0.5) is 13.2 Å². The summed E-state index contributed by atoms with van der Waals surface area (Å²) in [4.78, 5) is 20.4. The number of nitrogens with one attached hydrogen (secondary N) is 1. The van der Waals surface area contributed by atoms with Gasteiger partial charge in [-0.1, -0.05) is 42.7 Å². The quantitative estimate of drug-likeness (QED) is 0.552. The Hall–Kier alpha value is -3.14. The molecule has 7 nitrogen and oxygen atoms in total. The van der Waals surface area contributed by atoms with E-state index in [9.17, 15) is 18.0 Å². The fraction of sp³-hybridized carbons (Fsp3) is 0.300. The lowest BCUT2D eigenvalue weighted by Gasteiger charge is -2.13. The van der Waals surface area contributed by atoms with Gasteiger partial charge in [0.1, 0.15) is 5.69 Å². The third-order valence-electron chi connectivity index (χ3n) is 4.06. The van der Waals surface area contributed by atoms with Crippen LogP contribution in [0, 0.1) is 0 Å². The number of amides is 1. The summed E-state index contributed by atoms with van der Waals surface area (Å²) >= 11 is 5.87. The summed E-state index contributed by atoms with van der Waals surface area (Å²) < 4.78 is 47.8. The van der Waals surface area contributed by atoms with Crippen molar-refractivity contribution in [2.24, 2.45) is 0 Å². The van der Waals surface area contributed by atoms with Gasteiger partial charge in [0.2, 0.25) is 5.82 Å². The summed E-state index contributed by atoms with van der Waals surface area (Å²) in [6.07, 6.45) is -3.51. The zero-order valence-electron chi connectivity index (χ0n) is 16.5. The van der Waals surface area contributed by atoms with E-state index in [1.807, 2.05) is 13.8 Å². The highest BCUT2D eigenvalue weighted by Crippen LogP contribution is 2.30. The van der Waals surface area contributed by atoms with Crippen LogP contribution in [0.25, 0.3) is 11.3 Å². The SMILES string of the molecule is CC(C)c1cc(CNC(=O)c2ncc(OCC(F)(F)F)c(-c3ccc(Cl)cc3)n2)on1. The van der Waals surface area contributed by atoms with Crippen LogP contribution >= 0.6 is 11.6 Å². The lowest BCUT2D eigenvalue weighted by atomic mass is 10.1. The van der Waals surface area contributed by atoms with Crippen molar-refractivity contribution >= 4 is 17.5 Å². The number of rotatable bonds is 7. The molecule has 3 rings (SSSR count). The van der Waals surface area contributed by atoms with Crippen LogP contribution in [-0.2, 0) is 6.54 Å². The minimum atomic E-state index is -4.54. The summed E-state index contributed by atoms with van der Waals surface area (Å²) in [5, 5.41) is 6.93. The average molecular weight is 455 g/mol. The van der Waals surface area contributed by atoms with Crippen LogP contribution in [-0.4, -0.2) is 33.8 Å². The van der Waals surface area contributed by atoms with Crippen molar-refractivity contribution in [2.45, 2.75) is 32.5 Å². The van der Waals surface area contributed by atoms with Gasteiger partial charge in [0.25, 0.3) is 5.91 Å². The van der Waals surface area contributed by atoms with Gasteiger partial charge < -0.3 is 14.6 Å². The Kier molecular flexibility index (Phi) is 6.79. The second-order valence-corrected chi connectivity index (χ2v) is 7.31. The normalized spacial score (nSPS) is 11.6. The molecule has 11 heteroatoms. The first kappa shape index (κ1) is 22.5. The molecule has 1 N–H and O–H groups in total. The zero-order valence-corrected chi connectivity index (χ0v) is 17.3. The Balaban J connectivity index is 1.81. The first-order valence-corrected chi connectivity index (χ1v) is 9.56. The molecule has 1 amide bonds. The van der Waals surface area contributed by atoms with Gasteiger partial charge >= 0.3 is 6.18 Å². The third kappa shape index (κ3) is 6.17. The summed E-state index contributed by atoms with van der Waals surface area (Å²) in [5.41, 5.74) is 1.19. The molecular weight excluding hydrogens is 437 g/mol. The molecule has 31 heavy (non-hydrogen) atoms. The molecule has 0 aliphatic rings. The van der Waals surface area contributed by atoms with Gasteiger partial charge in [-0.2, -0.15) is 13.2 Å². The number of nitrogens with zero attached hydrogens (tertiary/aromatic N) is 3. The number of carbonyl (C=O) groups is 1. The van der Waals surface area contributed by atoms with Crippen molar-refractivity contribution in [3.05, 3.63) is 58.8 Å². The molecule has 0 bridgehead atoms.